The number of methoxy groups -OCH3 is 4. The van der Waals surface area contributed by atoms with Gasteiger partial charge in [0.1, 0.15) is 23.0 Å². The third-order valence-corrected chi connectivity index (χ3v) is 21.1. The van der Waals surface area contributed by atoms with E-state index in [1.807, 2.05) is 166 Å². The maximum atomic E-state index is 12.4. The van der Waals surface area contributed by atoms with Crippen molar-refractivity contribution in [2.45, 2.75) is 84.2 Å². The molecule has 14 aromatic rings. The average molecular weight is 1710 g/mol. The van der Waals surface area contributed by atoms with Crippen LogP contribution in [-0.4, -0.2) is 110 Å². The Kier molecular flexibility index (Phi) is 30.1. The SMILES string of the molecule is CCC(=O)Nc1cccc(Cc2c[nH]c(=O)c3cccc(OC)c23)c1.CCNC(=O)c1cccc(CC2CNC(=O)c3ccccc32)c1.CCNC(=O)c1cccc(Cc2c[nH]c(=O)c3cccc(OC)c23)c1.COc1cccc2c(=O)[nH]cc(Cc3cccc(NC(=O)C(F)(F)F)c3)c12.COc1cccc2c(=O)[nH]cc(Cc3cccc(NC(=O)C4CC4)c3)c12. The van der Waals surface area contributed by atoms with Gasteiger partial charge >= 0.3 is 12.1 Å². The third kappa shape index (κ3) is 22.8. The first-order valence-electron chi connectivity index (χ1n) is 41.0. The predicted molar refractivity (Wildman–Crippen MR) is 484 cm³/mol. The molecular formula is C99H95F3N10O14. The van der Waals surface area contributed by atoms with Gasteiger partial charge in [0.25, 0.3) is 40.0 Å². The first-order chi connectivity index (χ1) is 60.9. The van der Waals surface area contributed by atoms with E-state index in [-0.39, 0.29) is 69.3 Å². The summed E-state index contributed by atoms with van der Waals surface area (Å²) in [6.07, 6.45) is 7.11. The van der Waals surface area contributed by atoms with Crippen molar-refractivity contribution in [2.24, 2.45) is 5.92 Å². The Morgan fingerprint density at radius 2 is 0.754 bits per heavy atom. The average Bonchev–Trinajstić information content (AvgIpc) is 1.20. The van der Waals surface area contributed by atoms with E-state index in [1.165, 1.54) is 19.2 Å². The number of ether oxygens (including phenoxy) is 4. The van der Waals surface area contributed by atoms with Gasteiger partial charge in [-0.15, -0.1) is 0 Å². The molecule has 10 N–H and O–H groups in total. The van der Waals surface area contributed by atoms with Crippen LogP contribution in [0.25, 0.3) is 43.1 Å². The number of benzene rings is 10. The molecule has 1 aliphatic carbocycles. The van der Waals surface area contributed by atoms with Crippen molar-refractivity contribution >= 4 is 95.6 Å². The highest BCUT2D eigenvalue weighted by molar-refractivity contribution is 6.00. The van der Waals surface area contributed by atoms with E-state index < -0.39 is 12.1 Å². The molecule has 24 nitrogen and oxygen atoms in total. The summed E-state index contributed by atoms with van der Waals surface area (Å²) in [6.45, 7) is 7.44. The van der Waals surface area contributed by atoms with Gasteiger partial charge in [-0.25, -0.2) is 0 Å². The zero-order chi connectivity index (χ0) is 89.6. The molecule has 1 aliphatic heterocycles. The van der Waals surface area contributed by atoms with E-state index in [1.54, 1.807) is 113 Å². The molecule has 27 heteroatoms. The van der Waals surface area contributed by atoms with Gasteiger partial charge < -0.3 is 70.8 Å². The molecule has 5 heterocycles. The summed E-state index contributed by atoms with van der Waals surface area (Å²) in [5, 5.41) is 21.6. The Labute approximate surface area is 722 Å². The van der Waals surface area contributed by atoms with Crippen LogP contribution >= 0.6 is 0 Å². The summed E-state index contributed by atoms with van der Waals surface area (Å²) in [5.74, 6) is 0.846. The van der Waals surface area contributed by atoms with Gasteiger partial charge in [0, 0.05) is 118 Å². The van der Waals surface area contributed by atoms with Crippen molar-refractivity contribution in [2.75, 3.05) is 64.0 Å². The highest BCUT2D eigenvalue weighted by atomic mass is 19.4. The minimum Gasteiger partial charge on any atom is -0.496 e. The predicted octanol–water partition coefficient (Wildman–Crippen LogP) is 16.0. The van der Waals surface area contributed by atoms with Crippen LogP contribution in [0.3, 0.4) is 0 Å². The second-order valence-corrected chi connectivity index (χ2v) is 29.8. The van der Waals surface area contributed by atoms with E-state index in [2.05, 4.69) is 46.5 Å². The number of amides is 6. The van der Waals surface area contributed by atoms with Crippen LogP contribution in [-0.2, 0) is 46.5 Å². The number of rotatable bonds is 23. The van der Waals surface area contributed by atoms with E-state index in [0.29, 0.717) is 118 Å². The van der Waals surface area contributed by atoms with Gasteiger partial charge in [0.2, 0.25) is 11.8 Å². The van der Waals surface area contributed by atoms with Gasteiger partial charge in [-0.2, -0.15) is 13.2 Å². The minimum absolute atomic E-state index is 0.00655. The normalized spacial score (nSPS) is 12.5. The number of fused-ring (bicyclic) bond motifs is 5. The molecule has 1 atom stereocenters. The first kappa shape index (κ1) is 90.1. The molecule has 0 saturated heterocycles. The lowest BCUT2D eigenvalue weighted by Crippen LogP contribution is -2.35. The molecule has 1 saturated carbocycles. The summed E-state index contributed by atoms with van der Waals surface area (Å²) >= 11 is 0. The molecule has 1 fully saturated rings. The van der Waals surface area contributed by atoms with E-state index in [9.17, 15) is 61.1 Å². The third-order valence-electron chi connectivity index (χ3n) is 21.1. The molecule has 16 rings (SSSR count). The fraction of sp³-hybridized carbons (Fsp3) is 0.212. The number of aromatic nitrogens is 4. The number of hydrogen-bond donors (Lipinski definition) is 10. The van der Waals surface area contributed by atoms with Crippen LogP contribution in [0.4, 0.5) is 30.2 Å². The molecule has 1 unspecified atom stereocenters. The number of halogens is 3. The Hall–Kier alpha value is -15.2. The number of pyridine rings is 4. The fourth-order valence-corrected chi connectivity index (χ4v) is 15.0. The molecule has 4 aromatic heterocycles. The first-order valence-corrected chi connectivity index (χ1v) is 41.0. The van der Waals surface area contributed by atoms with Crippen molar-refractivity contribution in [1.29, 1.82) is 0 Å². The number of carbonyl (C=O) groups is 6. The molecule has 126 heavy (non-hydrogen) atoms. The summed E-state index contributed by atoms with van der Waals surface area (Å²) in [4.78, 5) is 130. The van der Waals surface area contributed by atoms with Gasteiger partial charge in [0.15, 0.2) is 0 Å². The summed E-state index contributed by atoms with van der Waals surface area (Å²) in [7, 11) is 6.29. The largest absolute Gasteiger partial charge is 0.496 e. The van der Waals surface area contributed by atoms with Crippen molar-refractivity contribution in [3.05, 3.63) is 357 Å². The topological polar surface area (TPSA) is 343 Å². The lowest BCUT2D eigenvalue weighted by atomic mass is 9.85. The second-order valence-electron chi connectivity index (χ2n) is 29.8. The quantitative estimate of drug-likeness (QED) is 0.0285. The molecule has 0 bridgehead atoms. The van der Waals surface area contributed by atoms with Crippen LogP contribution in [0.2, 0.25) is 0 Å². The summed E-state index contributed by atoms with van der Waals surface area (Å²) in [6, 6.07) is 66.0. The molecule has 0 radical (unpaired) electrons. The lowest BCUT2D eigenvalue weighted by Gasteiger charge is -2.26. The number of hydrogen-bond acceptors (Lipinski definition) is 14. The molecule has 0 spiro atoms. The van der Waals surface area contributed by atoms with Gasteiger partial charge in [-0.1, -0.05) is 110 Å². The lowest BCUT2D eigenvalue weighted by molar-refractivity contribution is -0.167. The van der Waals surface area contributed by atoms with Crippen molar-refractivity contribution in [3.8, 4) is 23.0 Å². The highest BCUT2D eigenvalue weighted by Gasteiger charge is 2.39. The number of aromatic amines is 4. The second kappa shape index (κ2) is 42.1. The maximum Gasteiger partial charge on any atom is 0.471 e. The van der Waals surface area contributed by atoms with E-state index >= 15 is 0 Å². The Bertz CT molecular complexity index is 6620. The smallest absolute Gasteiger partial charge is 0.471 e. The summed E-state index contributed by atoms with van der Waals surface area (Å²) in [5.41, 5.74) is 12.5. The Morgan fingerprint density at radius 1 is 0.405 bits per heavy atom. The zero-order valence-corrected chi connectivity index (χ0v) is 70.4. The van der Waals surface area contributed by atoms with Gasteiger partial charge in [-0.3, -0.25) is 47.9 Å². The van der Waals surface area contributed by atoms with Crippen LogP contribution < -0.4 is 73.1 Å². The van der Waals surface area contributed by atoms with Gasteiger partial charge in [0.05, 0.1) is 50.0 Å². The monoisotopic (exact) mass is 1700 g/mol. The van der Waals surface area contributed by atoms with Gasteiger partial charge in [-0.05, 0) is 230 Å². The van der Waals surface area contributed by atoms with Crippen molar-refractivity contribution in [3.63, 3.8) is 0 Å². The summed E-state index contributed by atoms with van der Waals surface area (Å²) < 4.78 is 58.9. The molecule has 10 aromatic carbocycles. The van der Waals surface area contributed by atoms with Crippen LogP contribution in [0.15, 0.2) is 262 Å². The number of anilines is 3. The molecular weight excluding hydrogens is 1610 g/mol. The highest BCUT2D eigenvalue weighted by Crippen LogP contribution is 2.36. The maximum absolute atomic E-state index is 12.4. The molecule has 646 valence electrons. The number of alkyl halides is 3. The van der Waals surface area contributed by atoms with E-state index in [4.69, 9.17) is 18.9 Å². The molecule has 2 aliphatic rings. The standard InChI is InChI=1S/C21H20N2O3.2C20H20N2O3.C19H15F3N2O3.C19H20N2O2/c1-26-18-7-3-6-17-19(18)15(12-22-21(17)25)10-13-4-2-5-16(11-13)23-20(24)14-8-9-14;1-3-18(23)22-15-7-4-6-13(11-15)10-14-12-21-20(24)16-8-5-9-17(25-2)19(14)16;1-3-21-19(23)14-7-4-6-13(10-14)11-15-12-22-20(24)16-8-5-9-17(25-2)18(15)16;1-27-15-7-3-6-14-16(15)12(10-23-17(14)25)8-11-4-2-5-13(9-11)24-18(26)19(20,21)22;1-2-20-18(22)14-7-5-6-13(10-14)11-15-12-21-19(23)17-9-4-3-8-16(15)17/h2-7,11-12,14H,8-10H2,1H3,(H,22,25)(H,23,24);4-9,11-12H,3,10H2,1-2H3,(H,21,24)(H,22,23);4-10,12H,3,11H2,1-2H3,(H,21,23)(H,22,24);2-7,9-10H,8H2,1H3,(H,23,25)(H,24,26);3-10,15H,2,11-12H2,1H3,(H,20,22)(H,21,23). The number of H-pyrrole nitrogens is 4. The Morgan fingerprint density at radius 3 is 1.13 bits per heavy atom. The van der Waals surface area contributed by atoms with Crippen molar-refractivity contribution < 1.29 is 60.9 Å². The fourth-order valence-electron chi connectivity index (χ4n) is 15.0. The number of nitrogens with one attached hydrogen (secondary N) is 10. The molecule has 6 amide bonds. The minimum atomic E-state index is -4.96. The number of carbonyl (C=O) groups excluding carboxylic acids is 6. The zero-order valence-electron chi connectivity index (χ0n) is 70.4. The van der Waals surface area contributed by atoms with Crippen LogP contribution in [0, 0.1) is 5.92 Å². The van der Waals surface area contributed by atoms with Crippen LogP contribution in [0.1, 0.15) is 133 Å². The van der Waals surface area contributed by atoms with Crippen molar-refractivity contribution in [1.82, 2.24) is 35.9 Å². The Balaban J connectivity index is 0.000000143. The van der Waals surface area contributed by atoms with E-state index in [0.717, 1.165) is 102 Å². The van der Waals surface area contributed by atoms with Crippen LogP contribution in [0.5, 0.6) is 23.0 Å².